The van der Waals surface area contributed by atoms with Crippen LogP contribution in [-0.2, 0) is 12.1 Å². The molecule has 0 saturated heterocycles. The van der Waals surface area contributed by atoms with E-state index in [0.717, 1.165) is 17.1 Å². The molecule has 10 nitrogen and oxygen atoms in total. The largest absolute Gasteiger partial charge is 0.485 e. The van der Waals surface area contributed by atoms with Crippen LogP contribution in [-0.4, -0.2) is 36.4 Å². The lowest BCUT2D eigenvalue weighted by Gasteiger charge is -2.22. The van der Waals surface area contributed by atoms with E-state index >= 15 is 0 Å². The van der Waals surface area contributed by atoms with Gasteiger partial charge < -0.3 is 20.5 Å². The highest BCUT2D eigenvalue weighted by Crippen LogP contribution is 2.38. The fraction of sp³-hybridized carbons (Fsp3) is 0.269. The molecule has 3 aromatic heterocycles. The quantitative estimate of drug-likeness (QED) is 0.248. The molecule has 1 amide bonds. The minimum absolute atomic E-state index is 0.250. The summed E-state index contributed by atoms with van der Waals surface area (Å²) in [6.07, 6.45) is 6.44. The number of pyridine rings is 1. The second-order valence-corrected chi connectivity index (χ2v) is 10.2. The van der Waals surface area contributed by atoms with Gasteiger partial charge in [0.15, 0.2) is 0 Å². The van der Waals surface area contributed by atoms with Crippen LogP contribution in [0.15, 0.2) is 61.2 Å². The van der Waals surface area contributed by atoms with Crippen molar-refractivity contribution in [2.75, 3.05) is 15.8 Å². The average molecular weight is 519 g/mol. The number of nitrogens with one attached hydrogen (secondary N) is 2. The maximum atomic E-state index is 12.8. The molecule has 0 aliphatic carbocycles. The van der Waals surface area contributed by atoms with Gasteiger partial charge in [-0.25, -0.2) is 9.67 Å². The fourth-order valence-corrected chi connectivity index (χ4v) is 4.07. The Morgan fingerprint density at radius 2 is 1.97 bits per heavy atom. The predicted molar refractivity (Wildman–Crippen MR) is 147 cm³/mol. The number of rotatable bonds is 10. The van der Waals surface area contributed by atoms with Gasteiger partial charge in [0, 0.05) is 29.9 Å². The normalized spacial score (nSPS) is 11.2. The zero-order valence-electron chi connectivity index (χ0n) is 21.2. The zero-order chi connectivity index (χ0) is 26.4. The van der Waals surface area contributed by atoms with E-state index in [1.54, 1.807) is 41.4 Å². The number of hydrogen-bond donors (Lipinski definition) is 3. The van der Waals surface area contributed by atoms with Gasteiger partial charge in [-0.2, -0.15) is 5.10 Å². The molecule has 0 fully saturated rings. The lowest BCUT2D eigenvalue weighted by molar-refractivity contribution is 0.100. The minimum Gasteiger partial charge on any atom is -0.485 e. The number of amides is 1. The second kappa shape index (κ2) is 11.3. The smallest absolute Gasteiger partial charge is 0.254 e. The molecule has 4 aromatic rings. The Kier molecular flexibility index (Phi) is 7.92. The van der Waals surface area contributed by atoms with Crippen molar-refractivity contribution in [3.05, 3.63) is 72.4 Å². The number of nitrogens with two attached hydrogens (primary N) is 1. The van der Waals surface area contributed by atoms with E-state index in [1.165, 1.54) is 0 Å². The van der Waals surface area contributed by atoms with Crippen molar-refractivity contribution in [2.45, 2.75) is 39.8 Å². The summed E-state index contributed by atoms with van der Waals surface area (Å²) in [5, 5.41) is 8.02. The molecule has 0 spiro atoms. The Morgan fingerprint density at radius 3 is 2.62 bits per heavy atom. The SMILES string of the molecule is CCSNc1ccc(-c2nn(C(C)(C)C)c(Nc3cnccn3)c2C(N)=O)cc1OCc1ccccn1. The maximum absolute atomic E-state index is 12.8. The number of ether oxygens (including phenoxy) is 1. The highest BCUT2D eigenvalue weighted by atomic mass is 32.2. The van der Waals surface area contributed by atoms with Crippen LogP contribution >= 0.6 is 11.9 Å². The molecule has 3 heterocycles. The van der Waals surface area contributed by atoms with Crippen LogP contribution in [0, 0.1) is 0 Å². The fourth-order valence-electron chi connectivity index (χ4n) is 3.60. The molecule has 37 heavy (non-hydrogen) atoms. The van der Waals surface area contributed by atoms with Gasteiger partial charge in [-0.15, -0.1) is 0 Å². The Hall–Kier alpha value is -4.12. The summed E-state index contributed by atoms with van der Waals surface area (Å²) < 4.78 is 11.2. The summed E-state index contributed by atoms with van der Waals surface area (Å²) in [6, 6.07) is 11.3. The summed E-state index contributed by atoms with van der Waals surface area (Å²) in [5.74, 6) is 1.78. The number of primary amides is 1. The lowest BCUT2D eigenvalue weighted by Crippen LogP contribution is -2.25. The Morgan fingerprint density at radius 1 is 1.14 bits per heavy atom. The van der Waals surface area contributed by atoms with Crippen LogP contribution in [0.25, 0.3) is 11.3 Å². The second-order valence-electron chi connectivity index (χ2n) is 9.09. The van der Waals surface area contributed by atoms with E-state index in [0.29, 0.717) is 28.6 Å². The van der Waals surface area contributed by atoms with Crippen molar-refractivity contribution in [1.82, 2.24) is 24.7 Å². The molecule has 0 aliphatic rings. The van der Waals surface area contributed by atoms with Crippen molar-refractivity contribution in [2.24, 2.45) is 5.73 Å². The molecule has 1 aromatic carbocycles. The standard InChI is InChI=1S/C26H30N8O2S/c1-5-37-33-19-10-9-17(14-20(19)36-16-18-8-6-7-11-29-18)23-22(24(27)35)25(34(32-23)26(2,3)4)31-21-15-28-12-13-30-21/h6-15,33H,5,16H2,1-4H3,(H2,27,35)(H,30,31). The first kappa shape index (κ1) is 26.0. The summed E-state index contributed by atoms with van der Waals surface area (Å²) in [6.45, 7) is 8.32. The van der Waals surface area contributed by atoms with E-state index in [9.17, 15) is 4.79 Å². The van der Waals surface area contributed by atoms with E-state index < -0.39 is 11.4 Å². The highest BCUT2D eigenvalue weighted by molar-refractivity contribution is 8.00. The van der Waals surface area contributed by atoms with Gasteiger partial charge >= 0.3 is 0 Å². The van der Waals surface area contributed by atoms with Crippen LogP contribution in [0.5, 0.6) is 5.75 Å². The van der Waals surface area contributed by atoms with Gasteiger partial charge in [-0.1, -0.05) is 31.0 Å². The Balaban J connectivity index is 1.80. The number of hydrogen-bond acceptors (Lipinski definition) is 9. The Bertz CT molecular complexity index is 1350. The maximum Gasteiger partial charge on any atom is 0.254 e. The first-order valence-corrected chi connectivity index (χ1v) is 12.8. The Labute approximate surface area is 220 Å². The number of benzene rings is 1. The molecule has 4 rings (SSSR count). The number of anilines is 3. The molecule has 4 N–H and O–H groups in total. The predicted octanol–water partition coefficient (Wildman–Crippen LogP) is 4.99. The zero-order valence-corrected chi connectivity index (χ0v) is 22.0. The van der Waals surface area contributed by atoms with E-state index in [1.807, 2.05) is 57.2 Å². The molecule has 0 radical (unpaired) electrons. The number of carbonyl (C=O) groups excluding carboxylic acids is 1. The van der Waals surface area contributed by atoms with Crippen molar-refractivity contribution in [3.63, 3.8) is 0 Å². The summed E-state index contributed by atoms with van der Waals surface area (Å²) in [7, 11) is 0. The number of carbonyl (C=O) groups is 1. The van der Waals surface area contributed by atoms with Gasteiger partial charge in [0.05, 0.1) is 23.1 Å². The first-order valence-electron chi connectivity index (χ1n) is 11.8. The van der Waals surface area contributed by atoms with Gasteiger partial charge in [-0.3, -0.25) is 14.8 Å². The summed E-state index contributed by atoms with van der Waals surface area (Å²) in [5.41, 5.74) is 8.41. The highest BCUT2D eigenvalue weighted by Gasteiger charge is 2.29. The van der Waals surface area contributed by atoms with E-state index in [2.05, 4.69) is 31.9 Å². The minimum atomic E-state index is -0.614. The van der Waals surface area contributed by atoms with Crippen LogP contribution in [0.1, 0.15) is 43.7 Å². The van der Waals surface area contributed by atoms with E-state index in [-0.39, 0.29) is 12.2 Å². The summed E-state index contributed by atoms with van der Waals surface area (Å²) >= 11 is 1.56. The van der Waals surface area contributed by atoms with Crippen molar-refractivity contribution < 1.29 is 9.53 Å². The average Bonchev–Trinajstić information content (AvgIpc) is 3.27. The van der Waals surface area contributed by atoms with Gasteiger partial charge in [-0.05, 0) is 45.0 Å². The number of nitrogens with zero attached hydrogens (tertiary/aromatic N) is 5. The van der Waals surface area contributed by atoms with Gasteiger partial charge in [0.1, 0.15) is 35.2 Å². The van der Waals surface area contributed by atoms with Crippen molar-refractivity contribution in [3.8, 4) is 17.0 Å². The molecule has 0 unspecified atom stereocenters. The van der Waals surface area contributed by atoms with Gasteiger partial charge in [0.25, 0.3) is 5.91 Å². The third kappa shape index (κ3) is 6.18. The molecular weight excluding hydrogens is 488 g/mol. The molecule has 0 bridgehead atoms. The van der Waals surface area contributed by atoms with E-state index in [4.69, 9.17) is 15.6 Å². The molecule has 192 valence electrons. The molecular formula is C26H30N8O2S. The number of aromatic nitrogens is 5. The summed E-state index contributed by atoms with van der Waals surface area (Å²) in [4.78, 5) is 25.5. The molecule has 11 heteroatoms. The lowest BCUT2D eigenvalue weighted by atomic mass is 10.1. The van der Waals surface area contributed by atoms with Crippen molar-refractivity contribution >= 4 is 35.2 Å². The molecule has 0 saturated carbocycles. The van der Waals surface area contributed by atoms with Crippen molar-refractivity contribution in [1.29, 1.82) is 0 Å². The third-order valence-corrected chi connectivity index (χ3v) is 5.91. The molecule has 0 atom stereocenters. The van der Waals surface area contributed by atoms with Crippen LogP contribution in [0.2, 0.25) is 0 Å². The van der Waals surface area contributed by atoms with Gasteiger partial charge in [0.2, 0.25) is 0 Å². The third-order valence-electron chi connectivity index (χ3n) is 5.26. The first-order chi connectivity index (χ1) is 17.8. The monoisotopic (exact) mass is 518 g/mol. The van der Waals surface area contributed by atoms with Crippen LogP contribution in [0.3, 0.4) is 0 Å². The topological polar surface area (TPSA) is 133 Å². The molecule has 0 aliphatic heterocycles. The van der Waals surface area contributed by atoms with Crippen LogP contribution < -0.4 is 20.5 Å². The van der Waals surface area contributed by atoms with Crippen LogP contribution in [0.4, 0.5) is 17.3 Å².